The van der Waals surface area contributed by atoms with Gasteiger partial charge in [0.1, 0.15) is 0 Å². The number of halogens is 1. The zero-order valence-corrected chi connectivity index (χ0v) is 14.8. The van der Waals surface area contributed by atoms with Crippen LogP contribution < -0.4 is 4.90 Å². The SMILES string of the molecule is Cc1sc(N2CC(CS(=O)(=O)Cl)CC2=O)nc1-c1ccccc1. The average Bonchev–Trinajstić information content (AvgIpc) is 3.01. The van der Waals surface area contributed by atoms with Gasteiger partial charge in [0.25, 0.3) is 0 Å². The highest BCUT2D eigenvalue weighted by atomic mass is 35.7. The summed E-state index contributed by atoms with van der Waals surface area (Å²) < 4.78 is 22.4. The minimum absolute atomic E-state index is 0.108. The van der Waals surface area contributed by atoms with Gasteiger partial charge in [0, 0.05) is 40.0 Å². The molecular weight excluding hydrogens is 356 g/mol. The Labute approximate surface area is 143 Å². The van der Waals surface area contributed by atoms with E-state index in [-0.39, 0.29) is 24.0 Å². The van der Waals surface area contributed by atoms with Crippen LogP contribution in [0.25, 0.3) is 11.3 Å². The largest absolute Gasteiger partial charge is 0.288 e. The molecule has 5 nitrogen and oxygen atoms in total. The van der Waals surface area contributed by atoms with E-state index in [0.29, 0.717) is 11.7 Å². The van der Waals surface area contributed by atoms with Gasteiger partial charge < -0.3 is 0 Å². The smallest absolute Gasteiger partial charge is 0.232 e. The number of benzene rings is 1. The molecule has 0 N–H and O–H groups in total. The van der Waals surface area contributed by atoms with Crippen LogP contribution in [0.15, 0.2) is 30.3 Å². The first-order valence-electron chi connectivity index (χ1n) is 7.09. The van der Waals surface area contributed by atoms with Gasteiger partial charge in [-0.2, -0.15) is 0 Å². The molecule has 0 saturated carbocycles. The number of hydrogen-bond acceptors (Lipinski definition) is 5. The number of carbonyl (C=O) groups excluding carboxylic acids is 1. The van der Waals surface area contributed by atoms with Crippen LogP contribution in [-0.2, 0) is 13.8 Å². The van der Waals surface area contributed by atoms with Crippen LogP contribution in [0.5, 0.6) is 0 Å². The van der Waals surface area contributed by atoms with Crippen molar-refractivity contribution in [2.45, 2.75) is 13.3 Å². The summed E-state index contributed by atoms with van der Waals surface area (Å²) in [5, 5.41) is 0.612. The van der Waals surface area contributed by atoms with E-state index in [0.717, 1.165) is 16.1 Å². The van der Waals surface area contributed by atoms with Crippen molar-refractivity contribution in [3.63, 3.8) is 0 Å². The Hall–Kier alpha value is -1.44. The highest BCUT2D eigenvalue weighted by Crippen LogP contribution is 2.35. The number of aryl methyl sites for hydroxylation is 1. The number of rotatable bonds is 4. The van der Waals surface area contributed by atoms with Gasteiger partial charge in [-0.25, -0.2) is 13.4 Å². The summed E-state index contributed by atoms with van der Waals surface area (Å²) in [5.41, 5.74) is 1.85. The molecule has 1 saturated heterocycles. The molecule has 0 radical (unpaired) electrons. The summed E-state index contributed by atoms with van der Waals surface area (Å²) in [5.74, 6) is -0.578. The summed E-state index contributed by atoms with van der Waals surface area (Å²) in [6.07, 6.45) is 0.186. The number of carbonyl (C=O) groups is 1. The first-order chi connectivity index (χ1) is 10.8. The molecule has 3 rings (SSSR count). The van der Waals surface area contributed by atoms with E-state index in [4.69, 9.17) is 10.7 Å². The van der Waals surface area contributed by atoms with Crippen LogP contribution >= 0.6 is 22.0 Å². The van der Waals surface area contributed by atoms with Crippen molar-refractivity contribution in [3.05, 3.63) is 35.2 Å². The maximum absolute atomic E-state index is 12.2. The molecule has 23 heavy (non-hydrogen) atoms. The zero-order valence-electron chi connectivity index (χ0n) is 12.4. The first kappa shape index (κ1) is 16.4. The summed E-state index contributed by atoms with van der Waals surface area (Å²) in [4.78, 5) is 19.4. The minimum atomic E-state index is -3.61. The van der Waals surface area contributed by atoms with Gasteiger partial charge in [-0.05, 0) is 6.92 Å². The van der Waals surface area contributed by atoms with Crippen LogP contribution in [0.1, 0.15) is 11.3 Å². The van der Waals surface area contributed by atoms with E-state index in [2.05, 4.69) is 4.98 Å². The molecular formula is C15H15ClN2O3S2. The third-order valence-electron chi connectivity index (χ3n) is 3.70. The maximum atomic E-state index is 12.2. The second-order valence-corrected chi connectivity index (χ2v) is 9.55. The maximum Gasteiger partial charge on any atom is 0.232 e. The predicted molar refractivity (Wildman–Crippen MR) is 92.4 cm³/mol. The van der Waals surface area contributed by atoms with E-state index in [1.165, 1.54) is 11.3 Å². The molecule has 1 aliphatic heterocycles. The summed E-state index contributed by atoms with van der Waals surface area (Å²) in [6.45, 7) is 2.30. The van der Waals surface area contributed by atoms with Gasteiger partial charge >= 0.3 is 0 Å². The van der Waals surface area contributed by atoms with Crippen molar-refractivity contribution in [1.82, 2.24) is 4.98 Å². The molecule has 0 bridgehead atoms. The first-order valence-corrected chi connectivity index (χ1v) is 10.4. The van der Waals surface area contributed by atoms with E-state index in [1.807, 2.05) is 37.3 Å². The molecule has 1 atom stereocenters. The Kier molecular flexibility index (Phi) is 4.44. The van der Waals surface area contributed by atoms with Gasteiger partial charge in [-0.3, -0.25) is 9.69 Å². The van der Waals surface area contributed by atoms with Gasteiger partial charge in [-0.15, -0.1) is 11.3 Å². The fraction of sp³-hybridized carbons (Fsp3) is 0.333. The van der Waals surface area contributed by atoms with Crippen LogP contribution in [0.3, 0.4) is 0 Å². The second kappa shape index (κ2) is 6.22. The lowest BCUT2D eigenvalue weighted by atomic mass is 10.1. The molecule has 1 amide bonds. The van der Waals surface area contributed by atoms with E-state index in [1.54, 1.807) is 4.90 Å². The van der Waals surface area contributed by atoms with Gasteiger partial charge in [0.15, 0.2) is 5.13 Å². The van der Waals surface area contributed by atoms with Gasteiger partial charge in [0.2, 0.25) is 15.0 Å². The number of thiazole rings is 1. The van der Waals surface area contributed by atoms with Crippen molar-refractivity contribution >= 4 is 42.1 Å². The highest BCUT2D eigenvalue weighted by molar-refractivity contribution is 8.13. The van der Waals surface area contributed by atoms with Crippen molar-refractivity contribution in [1.29, 1.82) is 0 Å². The average molecular weight is 371 g/mol. The third-order valence-corrected chi connectivity index (χ3v) is 5.94. The fourth-order valence-corrected chi connectivity index (χ4v) is 5.00. The predicted octanol–water partition coefficient (Wildman–Crippen LogP) is 3.04. The van der Waals surface area contributed by atoms with Crippen molar-refractivity contribution in [3.8, 4) is 11.3 Å². The quantitative estimate of drug-likeness (QED) is 0.776. The second-order valence-electron chi connectivity index (χ2n) is 5.55. The molecule has 122 valence electrons. The zero-order chi connectivity index (χ0) is 16.6. The Balaban J connectivity index is 1.84. The Morgan fingerprint density at radius 3 is 2.70 bits per heavy atom. The Bertz CT molecular complexity index is 834. The number of anilines is 1. The molecule has 2 aromatic rings. The van der Waals surface area contributed by atoms with E-state index >= 15 is 0 Å². The van der Waals surface area contributed by atoms with Gasteiger partial charge in [0.05, 0.1) is 11.4 Å². The van der Waals surface area contributed by atoms with Crippen molar-refractivity contribution < 1.29 is 13.2 Å². The number of aromatic nitrogens is 1. The molecule has 1 aliphatic rings. The lowest BCUT2D eigenvalue weighted by Crippen LogP contribution is -2.25. The molecule has 2 heterocycles. The minimum Gasteiger partial charge on any atom is -0.288 e. The monoisotopic (exact) mass is 370 g/mol. The Morgan fingerprint density at radius 2 is 2.04 bits per heavy atom. The van der Waals surface area contributed by atoms with Gasteiger partial charge in [-0.1, -0.05) is 30.3 Å². The molecule has 0 spiro atoms. The number of amides is 1. The van der Waals surface area contributed by atoms with Crippen molar-refractivity contribution in [2.24, 2.45) is 5.92 Å². The van der Waals surface area contributed by atoms with E-state index in [9.17, 15) is 13.2 Å². The highest BCUT2D eigenvalue weighted by Gasteiger charge is 2.35. The molecule has 1 unspecified atom stereocenters. The lowest BCUT2D eigenvalue weighted by molar-refractivity contribution is -0.117. The number of nitrogens with zero attached hydrogens (tertiary/aromatic N) is 2. The van der Waals surface area contributed by atoms with Crippen LogP contribution in [-0.4, -0.2) is 31.6 Å². The third kappa shape index (κ3) is 3.73. The summed E-state index contributed by atoms with van der Waals surface area (Å²) >= 11 is 1.44. The standard InChI is InChI=1S/C15H15ClN2O3S2/c1-10-14(12-5-3-2-4-6-12)17-15(22-10)18-8-11(7-13(18)19)9-23(16,20)21/h2-6,11H,7-9H2,1H3. The summed E-state index contributed by atoms with van der Waals surface area (Å²) in [6, 6.07) is 9.76. The molecule has 1 aromatic heterocycles. The summed E-state index contributed by atoms with van der Waals surface area (Å²) in [7, 11) is 1.69. The van der Waals surface area contributed by atoms with Crippen LogP contribution in [0, 0.1) is 12.8 Å². The van der Waals surface area contributed by atoms with Crippen LogP contribution in [0.2, 0.25) is 0 Å². The molecule has 0 aliphatic carbocycles. The molecule has 1 fully saturated rings. The van der Waals surface area contributed by atoms with E-state index < -0.39 is 9.05 Å². The normalized spacial score (nSPS) is 18.6. The fourth-order valence-electron chi connectivity index (χ4n) is 2.72. The molecule has 8 heteroatoms. The lowest BCUT2D eigenvalue weighted by Gasteiger charge is -2.12. The number of hydrogen-bond donors (Lipinski definition) is 0. The molecule has 1 aromatic carbocycles. The van der Waals surface area contributed by atoms with Crippen molar-refractivity contribution in [2.75, 3.05) is 17.2 Å². The topological polar surface area (TPSA) is 67.3 Å². The van der Waals surface area contributed by atoms with Crippen LogP contribution in [0.4, 0.5) is 5.13 Å². The Morgan fingerprint density at radius 1 is 1.35 bits per heavy atom.